The molecule has 2 atom stereocenters. The maximum Gasteiger partial charge on any atom is 0.0594 e. The number of rotatable bonds is 4. The van der Waals surface area contributed by atoms with Crippen LogP contribution in [0, 0.1) is 13.8 Å². The summed E-state index contributed by atoms with van der Waals surface area (Å²) in [4.78, 5) is 0. The van der Waals surface area contributed by atoms with Gasteiger partial charge in [-0.2, -0.15) is 0 Å². The molecule has 1 aromatic rings. The van der Waals surface area contributed by atoms with Gasteiger partial charge in [0.1, 0.15) is 0 Å². The third-order valence-electron chi connectivity index (χ3n) is 3.57. The molecule has 0 aromatic heterocycles. The second-order valence-corrected chi connectivity index (χ2v) is 5.52. The molecule has 0 bridgehead atoms. The van der Waals surface area contributed by atoms with Crippen LogP contribution in [0.2, 0.25) is 0 Å². The zero-order chi connectivity index (χ0) is 13.0. The van der Waals surface area contributed by atoms with Crippen molar-refractivity contribution in [2.45, 2.75) is 58.6 Å². The van der Waals surface area contributed by atoms with Gasteiger partial charge in [0.05, 0.1) is 6.10 Å². The minimum absolute atomic E-state index is 0.451. The first-order valence-corrected chi connectivity index (χ1v) is 7.14. The van der Waals surface area contributed by atoms with Gasteiger partial charge in [-0.15, -0.1) is 0 Å². The van der Waals surface area contributed by atoms with Crippen LogP contribution in [0.25, 0.3) is 0 Å². The van der Waals surface area contributed by atoms with Gasteiger partial charge in [-0.3, -0.25) is 0 Å². The Hall–Kier alpha value is -1.02. The molecule has 2 unspecified atom stereocenters. The van der Waals surface area contributed by atoms with Gasteiger partial charge in [0.15, 0.2) is 0 Å². The second kappa shape index (κ2) is 6.24. The van der Waals surface area contributed by atoms with Gasteiger partial charge >= 0.3 is 0 Å². The Morgan fingerprint density at radius 3 is 2.61 bits per heavy atom. The fraction of sp³-hybridized carbons (Fsp3) is 0.625. The van der Waals surface area contributed by atoms with E-state index in [2.05, 4.69) is 44.3 Å². The van der Waals surface area contributed by atoms with Crippen LogP contribution >= 0.6 is 0 Å². The first-order chi connectivity index (χ1) is 8.67. The number of ether oxygens (including phenoxy) is 1. The summed E-state index contributed by atoms with van der Waals surface area (Å²) in [6.45, 7) is 7.43. The van der Waals surface area contributed by atoms with Gasteiger partial charge in [0, 0.05) is 18.3 Å². The van der Waals surface area contributed by atoms with Gasteiger partial charge < -0.3 is 10.1 Å². The van der Waals surface area contributed by atoms with Crippen molar-refractivity contribution in [2.24, 2.45) is 0 Å². The van der Waals surface area contributed by atoms with Crippen LogP contribution < -0.4 is 5.32 Å². The van der Waals surface area contributed by atoms with Crippen molar-refractivity contribution in [3.05, 3.63) is 29.3 Å². The average molecular weight is 247 g/mol. The normalized spacial score (nSPS) is 23.9. The van der Waals surface area contributed by atoms with Crippen molar-refractivity contribution in [2.75, 3.05) is 11.9 Å². The van der Waals surface area contributed by atoms with Gasteiger partial charge in [-0.05, 0) is 56.4 Å². The van der Waals surface area contributed by atoms with Crippen molar-refractivity contribution in [3.8, 4) is 0 Å². The van der Waals surface area contributed by atoms with Crippen LogP contribution in [0.5, 0.6) is 0 Å². The Balaban J connectivity index is 1.95. The number of aryl methyl sites for hydroxylation is 2. The van der Waals surface area contributed by atoms with E-state index >= 15 is 0 Å². The predicted molar refractivity (Wildman–Crippen MR) is 77.2 cm³/mol. The number of hydrogen-bond acceptors (Lipinski definition) is 2. The third-order valence-corrected chi connectivity index (χ3v) is 3.57. The first-order valence-electron chi connectivity index (χ1n) is 7.14. The third kappa shape index (κ3) is 3.74. The van der Waals surface area contributed by atoms with E-state index in [1.807, 2.05) is 0 Å². The second-order valence-electron chi connectivity index (χ2n) is 5.52. The maximum atomic E-state index is 5.79. The zero-order valence-corrected chi connectivity index (χ0v) is 11.8. The lowest BCUT2D eigenvalue weighted by atomic mass is 9.99. The highest BCUT2D eigenvalue weighted by molar-refractivity contribution is 5.49. The van der Waals surface area contributed by atoms with Crippen LogP contribution in [0.4, 0.5) is 5.69 Å². The minimum atomic E-state index is 0.451. The topological polar surface area (TPSA) is 21.3 Å². The molecule has 2 heteroatoms. The summed E-state index contributed by atoms with van der Waals surface area (Å²) in [5.41, 5.74) is 3.92. The van der Waals surface area contributed by atoms with E-state index in [0.29, 0.717) is 12.1 Å². The Morgan fingerprint density at radius 1 is 1.22 bits per heavy atom. The molecule has 0 aliphatic carbocycles. The van der Waals surface area contributed by atoms with E-state index in [9.17, 15) is 0 Å². The van der Waals surface area contributed by atoms with Crippen LogP contribution in [-0.2, 0) is 4.74 Å². The molecule has 100 valence electrons. The Kier molecular flexibility index (Phi) is 4.65. The Morgan fingerprint density at radius 2 is 1.94 bits per heavy atom. The Bertz CT molecular complexity index is 366. The number of benzene rings is 1. The summed E-state index contributed by atoms with van der Waals surface area (Å²) in [6, 6.07) is 7.25. The smallest absolute Gasteiger partial charge is 0.0594 e. The van der Waals surface area contributed by atoms with Crippen LogP contribution in [0.15, 0.2) is 18.2 Å². The fourth-order valence-electron chi connectivity index (χ4n) is 2.83. The highest BCUT2D eigenvalue weighted by Gasteiger charge is 2.21. The molecule has 0 spiro atoms. The largest absolute Gasteiger partial charge is 0.382 e. The summed E-state index contributed by atoms with van der Waals surface area (Å²) in [5.74, 6) is 0. The summed E-state index contributed by atoms with van der Waals surface area (Å²) < 4.78 is 5.79. The van der Waals surface area contributed by atoms with E-state index in [1.54, 1.807) is 0 Å². The van der Waals surface area contributed by atoms with E-state index in [1.165, 1.54) is 29.7 Å². The van der Waals surface area contributed by atoms with Gasteiger partial charge in [-0.25, -0.2) is 0 Å². The molecule has 1 aromatic carbocycles. The Labute approximate surface area is 111 Å². The van der Waals surface area contributed by atoms with Gasteiger partial charge in [0.25, 0.3) is 0 Å². The molecule has 1 saturated heterocycles. The molecule has 1 heterocycles. The average Bonchev–Trinajstić information content (AvgIpc) is 2.28. The van der Waals surface area contributed by atoms with Crippen LogP contribution in [0.3, 0.4) is 0 Å². The van der Waals surface area contributed by atoms with E-state index < -0.39 is 0 Å². The van der Waals surface area contributed by atoms with E-state index in [-0.39, 0.29) is 0 Å². The molecule has 2 rings (SSSR count). The highest BCUT2D eigenvalue weighted by atomic mass is 16.5. The van der Waals surface area contributed by atoms with Crippen LogP contribution in [-0.4, -0.2) is 18.8 Å². The predicted octanol–water partition coefficient (Wildman–Crippen LogP) is 4.06. The first kappa shape index (κ1) is 13.4. The molecule has 0 amide bonds. The van der Waals surface area contributed by atoms with Gasteiger partial charge in [-0.1, -0.05) is 19.4 Å². The van der Waals surface area contributed by atoms with Crippen molar-refractivity contribution in [1.82, 2.24) is 0 Å². The highest BCUT2D eigenvalue weighted by Crippen LogP contribution is 2.22. The zero-order valence-electron chi connectivity index (χ0n) is 11.8. The number of hydrogen-bond donors (Lipinski definition) is 1. The monoisotopic (exact) mass is 247 g/mol. The fourth-order valence-corrected chi connectivity index (χ4v) is 2.83. The van der Waals surface area contributed by atoms with Crippen molar-refractivity contribution >= 4 is 5.69 Å². The summed E-state index contributed by atoms with van der Waals surface area (Å²) >= 11 is 0. The molecule has 0 saturated carbocycles. The quantitative estimate of drug-likeness (QED) is 0.866. The van der Waals surface area contributed by atoms with Gasteiger partial charge in [0.2, 0.25) is 0 Å². The van der Waals surface area contributed by atoms with Crippen molar-refractivity contribution in [3.63, 3.8) is 0 Å². The molecule has 1 fully saturated rings. The molecule has 2 nitrogen and oxygen atoms in total. The molecule has 0 radical (unpaired) electrons. The maximum absolute atomic E-state index is 5.79. The molecule has 1 aliphatic rings. The standard InChI is InChI=1S/C16H25NO/c1-4-5-16-11-14(6-7-18-16)17-15-9-12(2)8-13(3)10-15/h8-10,14,16-17H,4-7,11H2,1-3H3. The summed E-state index contributed by atoms with van der Waals surface area (Å²) in [6.07, 6.45) is 5.10. The number of nitrogens with one attached hydrogen (secondary N) is 1. The molecule has 1 aliphatic heterocycles. The summed E-state index contributed by atoms with van der Waals surface area (Å²) in [5, 5.41) is 3.67. The van der Waals surface area contributed by atoms with E-state index in [4.69, 9.17) is 4.74 Å². The summed E-state index contributed by atoms with van der Waals surface area (Å²) in [7, 11) is 0. The molecular weight excluding hydrogens is 222 g/mol. The van der Waals surface area contributed by atoms with E-state index in [0.717, 1.165) is 19.4 Å². The lowest BCUT2D eigenvalue weighted by Crippen LogP contribution is -2.34. The molecule has 1 N–H and O–H groups in total. The van der Waals surface area contributed by atoms with Crippen molar-refractivity contribution < 1.29 is 4.74 Å². The van der Waals surface area contributed by atoms with Crippen LogP contribution in [0.1, 0.15) is 43.7 Å². The lowest BCUT2D eigenvalue weighted by Gasteiger charge is -2.30. The number of anilines is 1. The minimum Gasteiger partial charge on any atom is -0.382 e. The molecule has 18 heavy (non-hydrogen) atoms. The SMILES string of the molecule is CCCC1CC(Nc2cc(C)cc(C)c2)CCO1. The van der Waals surface area contributed by atoms with Crippen molar-refractivity contribution in [1.29, 1.82) is 0 Å². The molecular formula is C16H25NO. The lowest BCUT2D eigenvalue weighted by molar-refractivity contribution is 0.00598.